The van der Waals surface area contributed by atoms with Crippen LogP contribution in [0.2, 0.25) is 5.02 Å². The second-order valence-corrected chi connectivity index (χ2v) is 9.96. The Labute approximate surface area is 216 Å². The molecule has 0 heterocycles. The standard InChI is InChI=1S/C25H26ClNO6S.ClH/c1-2-33-25(30)22-15-21(10-11-23(22)28)34(31,32)20-8-6-17(7-9-20)12-13-27-16-24(29)18-4-3-5-19(26)14-18;/h3-11,14-15,24,27-29H,2,12-13,16H2,1H3;1H/t24-;/m1./s1. The van der Waals surface area contributed by atoms with Crippen molar-refractivity contribution in [1.29, 1.82) is 0 Å². The number of aliphatic hydroxyl groups is 1. The lowest BCUT2D eigenvalue weighted by atomic mass is 10.1. The molecule has 0 bridgehead atoms. The summed E-state index contributed by atoms with van der Waals surface area (Å²) in [7, 11) is -3.89. The highest BCUT2D eigenvalue weighted by Gasteiger charge is 2.22. The summed E-state index contributed by atoms with van der Waals surface area (Å²) in [6.45, 7) is 2.67. The van der Waals surface area contributed by atoms with Crippen molar-refractivity contribution in [3.63, 3.8) is 0 Å². The summed E-state index contributed by atoms with van der Waals surface area (Å²) in [6.07, 6.45) is -0.0505. The van der Waals surface area contributed by atoms with Crippen molar-refractivity contribution >= 4 is 39.8 Å². The van der Waals surface area contributed by atoms with Gasteiger partial charge in [-0.3, -0.25) is 0 Å². The summed E-state index contributed by atoms with van der Waals surface area (Å²) in [4.78, 5) is 11.9. The van der Waals surface area contributed by atoms with Gasteiger partial charge in [-0.2, -0.15) is 0 Å². The number of hydrogen-bond donors (Lipinski definition) is 3. The molecule has 7 nitrogen and oxygen atoms in total. The minimum absolute atomic E-state index is 0. The molecule has 188 valence electrons. The molecule has 10 heteroatoms. The van der Waals surface area contributed by atoms with Gasteiger partial charge in [-0.15, -0.1) is 12.4 Å². The van der Waals surface area contributed by atoms with Crippen molar-refractivity contribution < 1.29 is 28.2 Å². The highest BCUT2D eigenvalue weighted by Crippen LogP contribution is 2.27. The SMILES string of the molecule is CCOC(=O)c1cc(S(=O)(=O)c2ccc(CCNC[C@@H](O)c3cccc(Cl)c3)cc2)ccc1O.Cl. The summed E-state index contributed by atoms with van der Waals surface area (Å²) >= 11 is 5.95. The number of nitrogens with one attached hydrogen (secondary N) is 1. The Bertz CT molecular complexity index is 1250. The lowest BCUT2D eigenvalue weighted by molar-refractivity contribution is 0.0522. The molecule has 3 N–H and O–H groups in total. The summed E-state index contributed by atoms with van der Waals surface area (Å²) in [5, 5.41) is 23.9. The summed E-state index contributed by atoms with van der Waals surface area (Å²) in [6, 6.07) is 17.0. The maximum absolute atomic E-state index is 13.0. The van der Waals surface area contributed by atoms with E-state index in [0.29, 0.717) is 24.5 Å². The van der Waals surface area contributed by atoms with Crippen molar-refractivity contribution in [2.24, 2.45) is 0 Å². The van der Waals surface area contributed by atoms with E-state index < -0.39 is 21.9 Å². The number of rotatable bonds is 10. The average molecular weight is 540 g/mol. The van der Waals surface area contributed by atoms with Gasteiger partial charge in [0.2, 0.25) is 9.84 Å². The van der Waals surface area contributed by atoms with Crippen LogP contribution in [0.5, 0.6) is 5.75 Å². The van der Waals surface area contributed by atoms with Gasteiger partial charge in [-0.25, -0.2) is 13.2 Å². The molecule has 0 saturated carbocycles. The number of phenolic OH excluding ortho intramolecular Hbond substituents is 1. The van der Waals surface area contributed by atoms with E-state index in [1.807, 2.05) is 0 Å². The van der Waals surface area contributed by atoms with Crippen LogP contribution in [0.4, 0.5) is 0 Å². The predicted octanol–water partition coefficient (Wildman–Crippen LogP) is 4.34. The number of benzene rings is 3. The Morgan fingerprint density at radius 3 is 2.40 bits per heavy atom. The van der Waals surface area contributed by atoms with Gasteiger partial charge in [-0.1, -0.05) is 35.9 Å². The van der Waals surface area contributed by atoms with Gasteiger partial charge >= 0.3 is 5.97 Å². The van der Waals surface area contributed by atoms with Gasteiger partial charge < -0.3 is 20.3 Å². The van der Waals surface area contributed by atoms with Crippen LogP contribution in [-0.2, 0) is 21.0 Å². The maximum Gasteiger partial charge on any atom is 0.341 e. The van der Waals surface area contributed by atoms with Crippen LogP contribution in [0.1, 0.15) is 34.5 Å². The first kappa shape index (κ1) is 28.6. The molecule has 0 spiro atoms. The highest BCUT2D eigenvalue weighted by molar-refractivity contribution is 7.91. The fourth-order valence-electron chi connectivity index (χ4n) is 3.33. The molecule has 0 aliphatic rings. The van der Waals surface area contributed by atoms with E-state index in [4.69, 9.17) is 16.3 Å². The highest BCUT2D eigenvalue weighted by atomic mass is 35.5. The van der Waals surface area contributed by atoms with Crippen LogP contribution in [0, 0.1) is 0 Å². The lowest BCUT2D eigenvalue weighted by Gasteiger charge is -2.13. The summed E-state index contributed by atoms with van der Waals surface area (Å²) in [5.41, 5.74) is 1.45. The normalized spacial score (nSPS) is 12.0. The fraction of sp³-hybridized carbons (Fsp3) is 0.240. The van der Waals surface area contributed by atoms with Crippen LogP contribution in [0.25, 0.3) is 0 Å². The first-order valence-corrected chi connectivity index (χ1v) is 12.6. The van der Waals surface area contributed by atoms with Crippen molar-refractivity contribution in [2.45, 2.75) is 29.2 Å². The van der Waals surface area contributed by atoms with Crippen molar-refractivity contribution in [1.82, 2.24) is 5.32 Å². The van der Waals surface area contributed by atoms with E-state index >= 15 is 0 Å². The predicted molar refractivity (Wildman–Crippen MR) is 136 cm³/mol. The molecule has 1 atom stereocenters. The second-order valence-electron chi connectivity index (χ2n) is 7.57. The van der Waals surface area contributed by atoms with Crippen LogP contribution in [0.15, 0.2) is 76.5 Å². The molecule has 0 unspecified atom stereocenters. The Morgan fingerprint density at radius 2 is 1.74 bits per heavy atom. The van der Waals surface area contributed by atoms with E-state index in [9.17, 15) is 23.4 Å². The molecular weight excluding hydrogens is 513 g/mol. The maximum atomic E-state index is 13.0. The Balaban J connectivity index is 0.00000432. The second kappa shape index (κ2) is 12.9. The van der Waals surface area contributed by atoms with Crippen molar-refractivity contribution in [2.75, 3.05) is 19.7 Å². The van der Waals surface area contributed by atoms with Gasteiger partial charge in [0, 0.05) is 11.6 Å². The first-order valence-electron chi connectivity index (χ1n) is 10.7. The van der Waals surface area contributed by atoms with Crippen molar-refractivity contribution in [3.05, 3.63) is 88.4 Å². The molecule has 3 aromatic carbocycles. The zero-order valence-corrected chi connectivity index (χ0v) is 21.4. The number of sulfone groups is 1. The average Bonchev–Trinajstić information content (AvgIpc) is 2.82. The number of aliphatic hydroxyl groups excluding tert-OH is 1. The minimum Gasteiger partial charge on any atom is -0.507 e. The number of carbonyl (C=O) groups excluding carboxylic acids is 1. The van der Waals surface area contributed by atoms with E-state index in [0.717, 1.165) is 23.3 Å². The molecule has 0 radical (unpaired) electrons. The first-order chi connectivity index (χ1) is 16.2. The Kier molecular flexibility index (Phi) is 10.5. The van der Waals surface area contributed by atoms with E-state index in [1.54, 1.807) is 43.3 Å². The molecule has 3 aromatic rings. The van der Waals surface area contributed by atoms with Gasteiger partial charge in [0.05, 0.1) is 22.5 Å². The summed E-state index contributed by atoms with van der Waals surface area (Å²) < 4.78 is 30.9. The third-order valence-corrected chi connectivity index (χ3v) is 7.17. The van der Waals surface area contributed by atoms with Gasteiger partial charge in [0.1, 0.15) is 11.3 Å². The molecule has 0 saturated heterocycles. The number of esters is 1. The third-order valence-electron chi connectivity index (χ3n) is 5.17. The smallest absolute Gasteiger partial charge is 0.341 e. The van der Waals surface area contributed by atoms with E-state index in [-0.39, 0.29) is 40.1 Å². The molecule has 0 amide bonds. The van der Waals surface area contributed by atoms with Crippen molar-refractivity contribution in [3.8, 4) is 5.75 Å². The van der Waals surface area contributed by atoms with Gasteiger partial charge in [-0.05, 0) is 73.5 Å². The Hall–Kier alpha value is -2.62. The van der Waals surface area contributed by atoms with Crippen LogP contribution >= 0.6 is 24.0 Å². The van der Waals surface area contributed by atoms with E-state index in [2.05, 4.69) is 5.32 Å². The number of ether oxygens (including phenoxy) is 1. The zero-order chi connectivity index (χ0) is 24.7. The lowest BCUT2D eigenvalue weighted by Crippen LogP contribution is -2.23. The van der Waals surface area contributed by atoms with Crippen LogP contribution in [0.3, 0.4) is 0 Å². The molecule has 35 heavy (non-hydrogen) atoms. The van der Waals surface area contributed by atoms with Crippen LogP contribution < -0.4 is 5.32 Å². The fourth-order valence-corrected chi connectivity index (χ4v) is 4.81. The van der Waals surface area contributed by atoms with Gasteiger partial charge in [0.25, 0.3) is 0 Å². The quantitative estimate of drug-likeness (QED) is 0.259. The molecule has 3 rings (SSSR count). The number of hydrogen-bond acceptors (Lipinski definition) is 7. The number of aromatic hydroxyl groups is 1. The molecular formula is C25H27Cl2NO6S. The molecule has 0 aromatic heterocycles. The van der Waals surface area contributed by atoms with E-state index in [1.165, 1.54) is 18.2 Å². The third kappa shape index (κ3) is 7.43. The minimum atomic E-state index is -3.89. The number of phenols is 1. The zero-order valence-electron chi connectivity index (χ0n) is 19.0. The topological polar surface area (TPSA) is 113 Å². The largest absolute Gasteiger partial charge is 0.507 e. The number of halogens is 2. The summed E-state index contributed by atoms with van der Waals surface area (Å²) in [5.74, 6) is -1.14. The molecule has 0 aliphatic carbocycles. The van der Waals surface area contributed by atoms with Crippen LogP contribution in [-0.4, -0.2) is 44.3 Å². The van der Waals surface area contributed by atoms with Gasteiger partial charge in [0.15, 0.2) is 0 Å². The molecule has 0 aliphatic heterocycles. The monoisotopic (exact) mass is 539 g/mol. The number of carbonyl (C=O) groups is 1. The Morgan fingerprint density at radius 1 is 1.06 bits per heavy atom. The molecule has 0 fully saturated rings.